The summed E-state index contributed by atoms with van der Waals surface area (Å²) in [6.45, 7) is 3.10. The van der Waals surface area contributed by atoms with E-state index in [4.69, 9.17) is 0 Å². The van der Waals surface area contributed by atoms with E-state index in [1.807, 2.05) is 11.8 Å². The van der Waals surface area contributed by atoms with Crippen molar-refractivity contribution in [1.82, 2.24) is 4.90 Å². The van der Waals surface area contributed by atoms with Crippen LogP contribution in [0.1, 0.15) is 19.3 Å². The summed E-state index contributed by atoms with van der Waals surface area (Å²) in [6, 6.07) is 0. The predicted octanol–water partition coefficient (Wildman–Crippen LogP) is 2.47. The Hall–Kier alpha value is 0.170. The molecule has 1 nitrogen and oxygen atoms in total. The smallest absolute Gasteiger partial charge is 0.248 e. The molecule has 2 fully saturated rings. The van der Waals surface area contributed by atoms with Crippen molar-refractivity contribution in [2.45, 2.75) is 25.2 Å². The minimum Gasteiger partial charge on any atom is -0.302 e. The molecule has 4 heteroatoms. The van der Waals surface area contributed by atoms with Crippen molar-refractivity contribution in [2.24, 2.45) is 5.92 Å². The second-order valence-electron chi connectivity index (χ2n) is 4.40. The minimum absolute atomic E-state index is 0.122. The molecule has 14 heavy (non-hydrogen) atoms. The Morgan fingerprint density at radius 3 is 2.71 bits per heavy atom. The molecule has 0 spiro atoms. The molecule has 82 valence electrons. The number of hydrogen-bond donors (Lipinski definition) is 0. The third-order valence-corrected chi connectivity index (χ3v) is 4.05. The van der Waals surface area contributed by atoms with Gasteiger partial charge in [0, 0.05) is 31.7 Å². The van der Waals surface area contributed by atoms with E-state index in [-0.39, 0.29) is 18.8 Å². The molecule has 2 aliphatic rings. The van der Waals surface area contributed by atoms with Gasteiger partial charge in [-0.25, -0.2) is 8.78 Å². The van der Waals surface area contributed by atoms with Gasteiger partial charge in [-0.3, -0.25) is 0 Å². The molecule has 0 aromatic rings. The van der Waals surface area contributed by atoms with Crippen molar-refractivity contribution in [3.05, 3.63) is 0 Å². The van der Waals surface area contributed by atoms with E-state index in [0.29, 0.717) is 0 Å². The summed E-state index contributed by atoms with van der Waals surface area (Å²) >= 11 is 1.98. The maximum absolute atomic E-state index is 12.6. The van der Waals surface area contributed by atoms with Crippen LogP contribution in [0.15, 0.2) is 0 Å². The standard InChI is InChI=1S/C10H17F2NS/c11-10(12)6-9(7-10)8-13-2-1-4-14-5-3-13/h9H,1-8H2. The van der Waals surface area contributed by atoms with E-state index >= 15 is 0 Å². The van der Waals surface area contributed by atoms with Gasteiger partial charge in [-0.1, -0.05) is 0 Å². The summed E-state index contributed by atoms with van der Waals surface area (Å²) in [5, 5.41) is 0. The van der Waals surface area contributed by atoms with Crippen LogP contribution in [-0.4, -0.2) is 42.0 Å². The van der Waals surface area contributed by atoms with Crippen LogP contribution < -0.4 is 0 Å². The number of halogens is 2. The van der Waals surface area contributed by atoms with Gasteiger partial charge in [-0.15, -0.1) is 0 Å². The first-order valence-electron chi connectivity index (χ1n) is 5.34. The monoisotopic (exact) mass is 221 g/mol. The van der Waals surface area contributed by atoms with Crippen molar-refractivity contribution in [1.29, 1.82) is 0 Å². The normalized spacial score (nSPS) is 29.6. The van der Waals surface area contributed by atoms with Gasteiger partial charge in [0.15, 0.2) is 0 Å². The number of nitrogens with zero attached hydrogens (tertiary/aromatic N) is 1. The summed E-state index contributed by atoms with van der Waals surface area (Å²) in [5.41, 5.74) is 0. The third-order valence-electron chi connectivity index (χ3n) is 3.01. The second kappa shape index (κ2) is 4.35. The zero-order chi connectivity index (χ0) is 10.0. The summed E-state index contributed by atoms with van der Waals surface area (Å²) in [7, 11) is 0. The van der Waals surface area contributed by atoms with Crippen molar-refractivity contribution in [3.63, 3.8) is 0 Å². The van der Waals surface area contributed by atoms with Gasteiger partial charge >= 0.3 is 0 Å². The predicted molar refractivity (Wildman–Crippen MR) is 56.1 cm³/mol. The summed E-state index contributed by atoms with van der Waals surface area (Å²) in [4.78, 5) is 2.36. The van der Waals surface area contributed by atoms with Crippen molar-refractivity contribution >= 4 is 11.8 Å². The zero-order valence-corrected chi connectivity index (χ0v) is 9.16. The molecule has 0 unspecified atom stereocenters. The Kier molecular flexibility index (Phi) is 3.32. The van der Waals surface area contributed by atoms with Crippen molar-refractivity contribution in [3.8, 4) is 0 Å². The molecule has 1 aliphatic carbocycles. The molecule has 0 radical (unpaired) electrons. The first-order valence-corrected chi connectivity index (χ1v) is 6.49. The molecule has 1 saturated heterocycles. The number of hydrogen-bond acceptors (Lipinski definition) is 2. The van der Waals surface area contributed by atoms with Crippen molar-refractivity contribution < 1.29 is 8.78 Å². The Labute approximate surface area is 88.2 Å². The fraction of sp³-hybridized carbons (Fsp3) is 1.00. The highest BCUT2D eigenvalue weighted by Gasteiger charge is 2.45. The van der Waals surface area contributed by atoms with Gasteiger partial charge in [-0.2, -0.15) is 11.8 Å². The van der Waals surface area contributed by atoms with Crippen LogP contribution in [-0.2, 0) is 0 Å². The first-order chi connectivity index (χ1) is 6.66. The molecule has 0 amide bonds. The van der Waals surface area contributed by atoms with Gasteiger partial charge in [-0.05, 0) is 24.6 Å². The lowest BCUT2D eigenvalue weighted by Crippen LogP contribution is -2.43. The van der Waals surface area contributed by atoms with E-state index < -0.39 is 5.92 Å². The van der Waals surface area contributed by atoms with Gasteiger partial charge in [0.25, 0.3) is 0 Å². The van der Waals surface area contributed by atoms with Gasteiger partial charge in [0.05, 0.1) is 0 Å². The van der Waals surface area contributed by atoms with E-state index in [1.165, 1.54) is 17.9 Å². The van der Waals surface area contributed by atoms with Crippen LogP contribution >= 0.6 is 11.8 Å². The SMILES string of the molecule is FC1(F)CC(CN2CCCSCC2)C1. The molecule has 1 aliphatic heterocycles. The molecule has 0 atom stereocenters. The third kappa shape index (κ3) is 2.83. The number of rotatable bonds is 2. The Morgan fingerprint density at radius 2 is 2.00 bits per heavy atom. The van der Waals surface area contributed by atoms with Crippen LogP contribution in [0.5, 0.6) is 0 Å². The second-order valence-corrected chi connectivity index (χ2v) is 5.62. The van der Waals surface area contributed by atoms with Gasteiger partial charge in [0.1, 0.15) is 0 Å². The number of alkyl halides is 2. The van der Waals surface area contributed by atoms with E-state index in [9.17, 15) is 8.78 Å². The largest absolute Gasteiger partial charge is 0.302 e. The quantitative estimate of drug-likeness (QED) is 0.704. The molecule has 1 saturated carbocycles. The van der Waals surface area contributed by atoms with Crippen LogP contribution in [0.2, 0.25) is 0 Å². The highest BCUT2D eigenvalue weighted by Crippen LogP contribution is 2.42. The van der Waals surface area contributed by atoms with Gasteiger partial charge < -0.3 is 4.90 Å². The topological polar surface area (TPSA) is 3.24 Å². The van der Waals surface area contributed by atoms with E-state index in [1.54, 1.807) is 0 Å². The lowest BCUT2D eigenvalue weighted by atomic mass is 9.81. The fourth-order valence-corrected chi connectivity index (χ4v) is 3.18. The molecule has 0 aromatic carbocycles. The van der Waals surface area contributed by atoms with Gasteiger partial charge in [0.2, 0.25) is 5.92 Å². The maximum Gasteiger partial charge on any atom is 0.248 e. The maximum atomic E-state index is 12.6. The molecule has 1 heterocycles. The molecular formula is C10H17F2NS. The Balaban J connectivity index is 1.69. The minimum atomic E-state index is -2.34. The summed E-state index contributed by atoms with van der Waals surface area (Å²) in [6.07, 6.45) is 1.46. The summed E-state index contributed by atoms with van der Waals surface area (Å²) in [5.74, 6) is 0.319. The van der Waals surface area contributed by atoms with Crippen molar-refractivity contribution in [2.75, 3.05) is 31.1 Å². The fourth-order valence-electron chi connectivity index (χ4n) is 2.26. The van der Waals surface area contributed by atoms with Crippen LogP contribution in [0.4, 0.5) is 8.78 Å². The lowest BCUT2D eigenvalue weighted by Gasteiger charge is -2.37. The Morgan fingerprint density at radius 1 is 1.21 bits per heavy atom. The first kappa shape index (κ1) is 10.7. The van der Waals surface area contributed by atoms with Crippen LogP contribution in [0.25, 0.3) is 0 Å². The van der Waals surface area contributed by atoms with Crippen LogP contribution in [0, 0.1) is 5.92 Å². The highest BCUT2D eigenvalue weighted by molar-refractivity contribution is 7.99. The molecular weight excluding hydrogens is 204 g/mol. The number of thioether (sulfide) groups is 1. The molecule has 0 N–H and O–H groups in total. The molecule has 0 aromatic heterocycles. The molecule has 0 bridgehead atoms. The summed E-state index contributed by atoms with van der Waals surface area (Å²) < 4.78 is 25.2. The average molecular weight is 221 g/mol. The molecule has 2 rings (SSSR count). The van der Waals surface area contributed by atoms with E-state index in [2.05, 4.69) is 4.90 Å². The highest BCUT2D eigenvalue weighted by atomic mass is 32.2. The Bertz CT molecular complexity index is 183. The zero-order valence-electron chi connectivity index (χ0n) is 8.35. The average Bonchev–Trinajstić information content (AvgIpc) is 2.29. The van der Waals surface area contributed by atoms with Crippen LogP contribution in [0.3, 0.4) is 0 Å². The van der Waals surface area contributed by atoms with E-state index in [0.717, 1.165) is 19.6 Å². The lowest BCUT2D eigenvalue weighted by molar-refractivity contribution is -0.116.